The molecule has 0 spiro atoms. The molecule has 0 aliphatic rings. The zero-order chi connectivity index (χ0) is 10.0. The molecule has 1 aromatic rings. The molecule has 0 saturated carbocycles. The largest absolute Gasteiger partial charge is 0.274 e. The Labute approximate surface area is 82.5 Å². The molecule has 0 bridgehead atoms. The summed E-state index contributed by atoms with van der Waals surface area (Å²) in [6, 6.07) is 0.967. The van der Waals surface area contributed by atoms with Crippen molar-refractivity contribution >= 4 is 28.4 Å². The van der Waals surface area contributed by atoms with E-state index in [2.05, 4.69) is 4.98 Å². The van der Waals surface area contributed by atoms with Gasteiger partial charge in [-0.05, 0) is 17.7 Å². The Morgan fingerprint density at radius 2 is 2.15 bits per heavy atom. The molecule has 13 heavy (non-hydrogen) atoms. The second-order valence-electron chi connectivity index (χ2n) is 2.17. The van der Waals surface area contributed by atoms with Gasteiger partial charge in [0, 0.05) is 11.8 Å². The fraction of sp³-hybridized carbons (Fsp3) is 0.143. The molecule has 0 aliphatic heterocycles. The summed E-state index contributed by atoms with van der Waals surface area (Å²) in [5.41, 5.74) is -0.556. The van der Waals surface area contributed by atoms with Crippen LogP contribution in [-0.4, -0.2) is 10.2 Å². The summed E-state index contributed by atoms with van der Waals surface area (Å²) in [6.45, 7) is 0. The number of alkyl halides is 2. The number of carbonyl (C=O) groups excluding carboxylic acids is 1. The van der Waals surface area contributed by atoms with Crippen LogP contribution in [0.3, 0.4) is 0 Å². The molecule has 0 amide bonds. The van der Waals surface area contributed by atoms with Crippen LogP contribution in [0.15, 0.2) is 12.3 Å². The fourth-order valence-electron chi connectivity index (χ4n) is 0.717. The molecule has 0 atom stereocenters. The standard InChI is InChI=1S/C7H3Cl2F2NO/c8-4-1-3(7(10)11)2-12-5(4)6(9)13/h1-2,7H. The lowest BCUT2D eigenvalue weighted by atomic mass is 10.2. The van der Waals surface area contributed by atoms with Gasteiger partial charge in [-0.1, -0.05) is 11.6 Å². The third kappa shape index (κ3) is 2.35. The van der Waals surface area contributed by atoms with Gasteiger partial charge in [-0.15, -0.1) is 0 Å². The predicted molar refractivity (Wildman–Crippen MR) is 44.4 cm³/mol. The summed E-state index contributed by atoms with van der Waals surface area (Å²) in [7, 11) is 0. The number of hydrogen-bond donors (Lipinski definition) is 0. The van der Waals surface area contributed by atoms with Crippen LogP contribution in [0.25, 0.3) is 0 Å². The molecule has 0 fully saturated rings. The van der Waals surface area contributed by atoms with Crippen LogP contribution in [0.1, 0.15) is 22.5 Å². The molecular formula is C7H3Cl2F2NO. The van der Waals surface area contributed by atoms with Gasteiger partial charge in [0.25, 0.3) is 11.7 Å². The van der Waals surface area contributed by atoms with E-state index in [1.54, 1.807) is 0 Å². The van der Waals surface area contributed by atoms with Crippen molar-refractivity contribution in [3.05, 3.63) is 28.5 Å². The van der Waals surface area contributed by atoms with Gasteiger partial charge < -0.3 is 0 Å². The second-order valence-corrected chi connectivity index (χ2v) is 2.92. The van der Waals surface area contributed by atoms with E-state index in [0.717, 1.165) is 12.3 Å². The Bertz CT molecular complexity index is 343. The first-order chi connectivity index (χ1) is 6.02. The average molecular weight is 226 g/mol. The second kappa shape index (κ2) is 3.98. The van der Waals surface area contributed by atoms with Gasteiger partial charge in [0.05, 0.1) is 5.02 Å². The normalized spacial score (nSPS) is 10.5. The van der Waals surface area contributed by atoms with Gasteiger partial charge in [-0.3, -0.25) is 4.79 Å². The van der Waals surface area contributed by atoms with Crippen LogP contribution in [0.4, 0.5) is 8.78 Å². The van der Waals surface area contributed by atoms with Crippen LogP contribution in [-0.2, 0) is 0 Å². The predicted octanol–water partition coefficient (Wildman–Crippen LogP) is 3.05. The van der Waals surface area contributed by atoms with Crippen LogP contribution in [0, 0.1) is 0 Å². The van der Waals surface area contributed by atoms with Crippen molar-refractivity contribution in [2.24, 2.45) is 0 Å². The summed E-state index contributed by atoms with van der Waals surface area (Å²) in [4.78, 5) is 14.0. The Morgan fingerprint density at radius 1 is 1.54 bits per heavy atom. The molecule has 0 unspecified atom stereocenters. The van der Waals surface area contributed by atoms with Crippen LogP contribution in [0.5, 0.6) is 0 Å². The van der Waals surface area contributed by atoms with Gasteiger partial charge in [-0.2, -0.15) is 0 Å². The maximum absolute atomic E-state index is 12.1. The Morgan fingerprint density at radius 3 is 2.54 bits per heavy atom. The summed E-state index contributed by atoms with van der Waals surface area (Å²) >= 11 is 10.5. The number of halogens is 4. The summed E-state index contributed by atoms with van der Waals surface area (Å²) in [5.74, 6) is 0. The molecule has 2 nitrogen and oxygen atoms in total. The van der Waals surface area contributed by atoms with Crippen LogP contribution < -0.4 is 0 Å². The lowest BCUT2D eigenvalue weighted by Gasteiger charge is -2.01. The van der Waals surface area contributed by atoms with E-state index in [4.69, 9.17) is 23.2 Å². The molecule has 1 rings (SSSR count). The smallest absolute Gasteiger partial charge is 0.272 e. The Balaban J connectivity index is 3.13. The minimum Gasteiger partial charge on any atom is -0.274 e. The molecular weight excluding hydrogens is 223 g/mol. The average Bonchev–Trinajstić information content (AvgIpc) is 2.03. The van der Waals surface area contributed by atoms with Crippen LogP contribution >= 0.6 is 23.2 Å². The number of hydrogen-bond acceptors (Lipinski definition) is 2. The van der Waals surface area contributed by atoms with E-state index in [-0.39, 0.29) is 16.3 Å². The van der Waals surface area contributed by atoms with Crippen molar-refractivity contribution in [2.75, 3.05) is 0 Å². The molecule has 0 aliphatic carbocycles. The molecule has 1 aromatic heterocycles. The highest BCUT2D eigenvalue weighted by atomic mass is 35.5. The minimum atomic E-state index is -2.66. The monoisotopic (exact) mass is 225 g/mol. The number of aromatic nitrogens is 1. The Hall–Kier alpha value is -0.740. The molecule has 6 heteroatoms. The summed E-state index contributed by atoms with van der Waals surface area (Å²) in [5, 5.41) is -1.04. The first kappa shape index (κ1) is 10.3. The lowest BCUT2D eigenvalue weighted by Crippen LogP contribution is -1.97. The highest BCUT2D eigenvalue weighted by Gasteiger charge is 2.13. The maximum Gasteiger partial charge on any atom is 0.272 e. The third-order valence-electron chi connectivity index (χ3n) is 1.30. The van der Waals surface area contributed by atoms with Gasteiger partial charge in [0.1, 0.15) is 5.69 Å². The first-order valence-electron chi connectivity index (χ1n) is 3.16. The number of pyridine rings is 1. The van der Waals surface area contributed by atoms with Crippen molar-refractivity contribution in [3.8, 4) is 0 Å². The Kier molecular flexibility index (Phi) is 3.17. The summed E-state index contributed by atoms with van der Waals surface area (Å²) in [6.07, 6.45) is -1.80. The van der Waals surface area contributed by atoms with Crippen LogP contribution in [0.2, 0.25) is 5.02 Å². The maximum atomic E-state index is 12.1. The molecule has 70 valence electrons. The van der Waals surface area contributed by atoms with Gasteiger partial charge in [-0.25, -0.2) is 13.8 Å². The van der Waals surface area contributed by atoms with E-state index in [1.807, 2.05) is 0 Å². The van der Waals surface area contributed by atoms with E-state index in [9.17, 15) is 13.6 Å². The van der Waals surface area contributed by atoms with E-state index >= 15 is 0 Å². The molecule has 0 N–H and O–H groups in total. The topological polar surface area (TPSA) is 30.0 Å². The van der Waals surface area contributed by atoms with E-state index in [1.165, 1.54) is 0 Å². The lowest BCUT2D eigenvalue weighted by molar-refractivity contribution is 0.107. The quantitative estimate of drug-likeness (QED) is 0.725. The minimum absolute atomic E-state index is 0.169. The molecule has 1 heterocycles. The zero-order valence-corrected chi connectivity index (χ0v) is 7.61. The summed E-state index contributed by atoms with van der Waals surface area (Å²) < 4.78 is 24.1. The first-order valence-corrected chi connectivity index (χ1v) is 3.91. The highest BCUT2D eigenvalue weighted by molar-refractivity contribution is 6.68. The number of rotatable bonds is 2. The SMILES string of the molecule is O=C(Cl)c1ncc(C(F)F)cc1Cl. The van der Waals surface area contributed by atoms with Crippen molar-refractivity contribution < 1.29 is 13.6 Å². The molecule has 0 aromatic carbocycles. The van der Waals surface area contributed by atoms with Crippen molar-refractivity contribution in [1.82, 2.24) is 4.98 Å². The van der Waals surface area contributed by atoms with Gasteiger partial charge >= 0.3 is 0 Å². The van der Waals surface area contributed by atoms with Crippen molar-refractivity contribution in [1.29, 1.82) is 0 Å². The number of carbonyl (C=O) groups is 1. The fourth-order valence-corrected chi connectivity index (χ4v) is 1.18. The third-order valence-corrected chi connectivity index (χ3v) is 1.77. The highest BCUT2D eigenvalue weighted by Crippen LogP contribution is 2.23. The zero-order valence-electron chi connectivity index (χ0n) is 6.10. The van der Waals surface area contributed by atoms with Crippen molar-refractivity contribution in [2.45, 2.75) is 6.43 Å². The van der Waals surface area contributed by atoms with E-state index in [0.29, 0.717) is 0 Å². The van der Waals surface area contributed by atoms with Crippen molar-refractivity contribution in [3.63, 3.8) is 0 Å². The molecule has 0 saturated heterocycles. The number of nitrogens with zero attached hydrogens (tertiary/aromatic N) is 1. The van der Waals surface area contributed by atoms with E-state index < -0.39 is 11.7 Å². The van der Waals surface area contributed by atoms with Gasteiger partial charge in [0.15, 0.2) is 0 Å². The molecule has 0 radical (unpaired) electrons. The van der Waals surface area contributed by atoms with Gasteiger partial charge in [0.2, 0.25) is 0 Å².